The second kappa shape index (κ2) is 6.42. The van der Waals surface area contributed by atoms with Gasteiger partial charge in [0.05, 0.1) is 5.02 Å². The van der Waals surface area contributed by atoms with Crippen LogP contribution in [0.3, 0.4) is 0 Å². The number of halogens is 1. The monoisotopic (exact) mass is 329 g/mol. The lowest BCUT2D eigenvalue weighted by molar-refractivity contribution is 0.137. The molecule has 0 spiro atoms. The van der Waals surface area contributed by atoms with Crippen molar-refractivity contribution in [2.45, 2.75) is 43.9 Å². The Kier molecular flexibility index (Phi) is 4.15. The van der Waals surface area contributed by atoms with Crippen molar-refractivity contribution in [3.63, 3.8) is 0 Å². The molecule has 3 nitrogen and oxygen atoms in total. The first-order valence-electron chi connectivity index (χ1n) is 8.21. The molecule has 2 heterocycles. The van der Waals surface area contributed by atoms with Crippen LogP contribution < -0.4 is 14.8 Å². The Morgan fingerprint density at radius 1 is 0.913 bits per heavy atom. The van der Waals surface area contributed by atoms with Crippen LogP contribution in [0, 0.1) is 0 Å². The smallest absolute Gasteiger partial charge is 0.149 e. The lowest BCUT2D eigenvalue weighted by Gasteiger charge is -2.29. The quantitative estimate of drug-likeness (QED) is 0.874. The Balaban J connectivity index is 1.48. The molecular formula is C19H20ClNO2. The first kappa shape index (κ1) is 14.9. The molecule has 2 saturated heterocycles. The standard InChI is InChI=1S/C19H20ClNO2/c20-18-9-8-16(12-19(18)23-15-4-2-1-3-5-15)22-17-10-13-6-7-14(11-17)21-13/h1-5,8-9,12-14,17,21H,6-7,10-11H2. The van der Waals surface area contributed by atoms with E-state index in [4.69, 9.17) is 21.1 Å². The summed E-state index contributed by atoms with van der Waals surface area (Å²) in [5, 5.41) is 4.22. The average molecular weight is 330 g/mol. The van der Waals surface area contributed by atoms with Crippen molar-refractivity contribution in [3.05, 3.63) is 53.6 Å². The zero-order valence-corrected chi connectivity index (χ0v) is 13.6. The fourth-order valence-corrected chi connectivity index (χ4v) is 3.70. The molecule has 4 rings (SSSR count). The fourth-order valence-electron chi connectivity index (χ4n) is 3.54. The SMILES string of the molecule is Clc1ccc(OC2CC3CCC(C2)N3)cc1Oc1ccccc1. The lowest BCUT2D eigenvalue weighted by Crippen LogP contribution is -2.42. The molecule has 2 bridgehead atoms. The molecule has 2 aliphatic rings. The molecule has 2 atom stereocenters. The summed E-state index contributed by atoms with van der Waals surface area (Å²) in [5.41, 5.74) is 0. The minimum atomic E-state index is 0.277. The van der Waals surface area contributed by atoms with Gasteiger partial charge in [0.25, 0.3) is 0 Å². The second-order valence-corrected chi connectivity index (χ2v) is 6.76. The van der Waals surface area contributed by atoms with E-state index in [1.807, 2.05) is 48.5 Å². The molecule has 0 saturated carbocycles. The van der Waals surface area contributed by atoms with Gasteiger partial charge in [-0.1, -0.05) is 29.8 Å². The minimum Gasteiger partial charge on any atom is -0.490 e. The highest BCUT2D eigenvalue weighted by atomic mass is 35.5. The third-order valence-corrected chi connectivity index (χ3v) is 4.92. The van der Waals surface area contributed by atoms with Gasteiger partial charge in [-0.2, -0.15) is 0 Å². The molecule has 2 aromatic rings. The molecule has 2 unspecified atom stereocenters. The number of hydrogen-bond acceptors (Lipinski definition) is 3. The molecule has 1 N–H and O–H groups in total. The lowest BCUT2D eigenvalue weighted by atomic mass is 10.0. The van der Waals surface area contributed by atoms with Crippen molar-refractivity contribution in [1.82, 2.24) is 5.32 Å². The van der Waals surface area contributed by atoms with E-state index in [1.165, 1.54) is 12.8 Å². The van der Waals surface area contributed by atoms with Gasteiger partial charge in [0.1, 0.15) is 23.4 Å². The van der Waals surface area contributed by atoms with Gasteiger partial charge in [0, 0.05) is 18.2 Å². The molecular weight excluding hydrogens is 310 g/mol. The number of ether oxygens (including phenoxy) is 2. The van der Waals surface area contributed by atoms with Crippen LogP contribution in [-0.2, 0) is 0 Å². The topological polar surface area (TPSA) is 30.5 Å². The molecule has 2 fully saturated rings. The zero-order valence-electron chi connectivity index (χ0n) is 12.9. The van der Waals surface area contributed by atoms with Gasteiger partial charge >= 0.3 is 0 Å². The normalized spacial score (nSPS) is 26.0. The van der Waals surface area contributed by atoms with Crippen molar-refractivity contribution in [3.8, 4) is 17.2 Å². The molecule has 0 amide bonds. The highest BCUT2D eigenvalue weighted by Gasteiger charge is 2.34. The maximum atomic E-state index is 6.25. The van der Waals surface area contributed by atoms with E-state index >= 15 is 0 Å². The highest BCUT2D eigenvalue weighted by molar-refractivity contribution is 6.32. The van der Waals surface area contributed by atoms with Crippen LogP contribution in [0.2, 0.25) is 5.02 Å². The third-order valence-electron chi connectivity index (χ3n) is 4.61. The van der Waals surface area contributed by atoms with Crippen LogP contribution in [0.15, 0.2) is 48.5 Å². The number of hydrogen-bond donors (Lipinski definition) is 1. The summed E-state index contributed by atoms with van der Waals surface area (Å²) >= 11 is 6.25. The summed E-state index contributed by atoms with van der Waals surface area (Å²) in [6.45, 7) is 0. The largest absolute Gasteiger partial charge is 0.490 e. The predicted molar refractivity (Wildman–Crippen MR) is 91.6 cm³/mol. The van der Waals surface area contributed by atoms with E-state index in [-0.39, 0.29) is 6.10 Å². The first-order chi connectivity index (χ1) is 11.3. The Morgan fingerprint density at radius 3 is 2.39 bits per heavy atom. The molecule has 2 aromatic carbocycles. The van der Waals surface area contributed by atoms with E-state index in [0.717, 1.165) is 24.3 Å². The molecule has 4 heteroatoms. The van der Waals surface area contributed by atoms with Crippen LogP contribution in [0.1, 0.15) is 25.7 Å². The number of piperidine rings is 1. The fraction of sp³-hybridized carbons (Fsp3) is 0.368. The number of fused-ring (bicyclic) bond motifs is 2. The van der Waals surface area contributed by atoms with E-state index in [9.17, 15) is 0 Å². The van der Waals surface area contributed by atoms with Crippen LogP contribution in [0.4, 0.5) is 0 Å². The summed E-state index contributed by atoms with van der Waals surface area (Å²) in [6, 6.07) is 16.5. The minimum absolute atomic E-state index is 0.277. The average Bonchev–Trinajstić information content (AvgIpc) is 2.90. The van der Waals surface area contributed by atoms with Crippen LogP contribution in [-0.4, -0.2) is 18.2 Å². The summed E-state index contributed by atoms with van der Waals surface area (Å²) in [5.74, 6) is 2.23. The van der Waals surface area contributed by atoms with E-state index in [2.05, 4.69) is 5.32 Å². The summed E-state index contributed by atoms with van der Waals surface area (Å²) in [7, 11) is 0. The molecule has 2 aliphatic heterocycles. The van der Waals surface area contributed by atoms with Crippen molar-refractivity contribution in [2.24, 2.45) is 0 Å². The van der Waals surface area contributed by atoms with Gasteiger partial charge in [-0.15, -0.1) is 0 Å². The number of rotatable bonds is 4. The van der Waals surface area contributed by atoms with Gasteiger partial charge in [-0.3, -0.25) is 0 Å². The van der Waals surface area contributed by atoms with Gasteiger partial charge in [0.2, 0.25) is 0 Å². The third kappa shape index (κ3) is 3.46. The van der Waals surface area contributed by atoms with E-state index < -0.39 is 0 Å². The molecule has 0 radical (unpaired) electrons. The van der Waals surface area contributed by atoms with Crippen molar-refractivity contribution in [1.29, 1.82) is 0 Å². The van der Waals surface area contributed by atoms with Gasteiger partial charge < -0.3 is 14.8 Å². The van der Waals surface area contributed by atoms with E-state index in [0.29, 0.717) is 22.9 Å². The number of nitrogens with one attached hydrogen (secondary N) is 1. The number of benzene rings is 2. The summed E-state index contributed by atoms with van der Waals surface area (Å²) < 4.78 is 12.1. The van der Waals surface area contributed by atoms with Crippen LogP contribution in [0.25, 0.3) is 0 Å². The summed E-state index contributed by atoms with van der Waals surface area (Å²) in [4.78, 5) is 0. The predicted octanol–water partition coefficient (Wildman–Crippen LogP) is 4.79. The molecule has 120 valence electrons. The maximum absolute atomic E-state index is 6.25. The maximum Gasteiger partial charge on any atom is 0.149 e. The van der Waals surface area contributed by atoms with Crippen molar-refractivity contribution in [2.75, 3.05) is 0 Å². The van der Waals surface area contributed by atoms with Gasteiger partial charge in [-0.05, 0) is 49.9 Å². The molecule has 0 aliphatic carbocycles. The van der Waals surface area contributed by atoms with Crippen LogP contribution in [0.5, 0.6) is 17.2 Å². The zero-order chi connectivity index (χ0) is 15.6. The van der Waals surface area contributed by atoms with Crippen molar-refractivity contribution < 1.29 is 9.47 Å². The number of para-hydroxylation sites is 1. The Morgan fingerprint density at radius 2 is 1.65 bits per heavy atom. The first-order valence-corrected chi connectivity index (χ1v) is 8.59. The second-order valence-electron chi connectivity index (χ2n) is 6.36. The van der Waals surface area contributed by atoms with Crippen LogP contribution >= 0.6 is 11.6 Å². The Bertz CT molecular complexity index is 664. The Hall–Kier alpha value is -1.71. The molecule has 0 aromatic heterocycles. The van der Waals surface area contributed by atoms with E-state index in [1.54, 1.807) is 0 Å². The highest BCUT2D eigenvalue weighted by Crippen LogP contribution is 2.35. The Labute approximate surface area is 141 Å². The van der Waals surface area contributed by atoms with Gasteiger partial charge in [0.15, 0.2) is 0 Å². The summed E-state index contributed by atoms with van der Waals surface area (Å²) in [6.07, 6.45) is 4.97. The van der Waals surface area contributed by atoms with Gasteiger partial charge in [-0.25, -0.2) is 0 Å². The molecule has 23 heavy (non-hydrogen) atoms. The van der Waals surface area contributed by atoms with Crippen molar-refractivity contribution >= 4 is 11.6 Å².